The molecule has 0 saturated heterocycles. The smallest absolute Gasteiger partial charge is 0.309 e. The van der Waals surface area contributed by atoms with Crippen LogP contribution < -0.4 is 0 Å². The van der Waals surface area contributed by atoms with Crippen molar-refractivity contribution in [2.24, 2.45) is 0 Å². The number of carbonyl (C=O) groups is 1. The number of aromatic nitrogens is 3. The lowest BCUT2D eigenvalue weighted by Gasteiger charge is -1.93. The highest BCUT2D eigenvalue weighted by atomic mass is 79.9. The molecule has 2 aromatic heterocycles. The molecule has 2 aromatic rings. The summed E-state index contributed by atoms with van der Waals surface area (Å²) >= 11 is 3.24. The Morgan fingerprint density at radius 2 is 2.43 bits per heavy atom. The molecule has 2 heterocycles. The van der Waals surface area contributed by atoms with Gasteiger partial charge in [0.25, 0.3) is 0 Å². The zero-order valence-corrected chi connectivity index (χ0v) is 8.60. The van der Waals surface area contributed by atoms with E-state index < -0.39 is 5.97 Å². The van der Waals surface area contributed by atoms with Crippen LogP contribution in [-0.2, 0) is 11.2 Å². The topological polar surface area (TPSA) is 67.5 Å². The average Bonchev–Trinajstić information content (AvgIpc) is 2.44. The lowest BCUT2D eigenvalue weighted by molar-refractivity contribution is -0.136. The molecule has 0 unspecified atom stereocenters. The molecule has 0 aliphatic heterocycles. The van der Waals surface area contributed by atoms with Crippen molar-refractivity contribution < 1.29 is 9.90 Å². The summed E-state index contributed by atoms with van der Waals surface area (Å²) in [5.41, 5.74) is 1.22. The van der Waals surface area contributed by atoms with E-state index >= 15 is 0 Å². The van der Waals surface area contributed by atoms with E-state index in [2.05, 4.69) is 25.9 Å². The molecule has 2 rings (SSSR count). The molecule has 0 radical (unpaired) electrons. The monoisotopic (exact) mass is 255 g/mol. The molecule has 6 heteroatoms. The summed E-state index contributed by atoms with van der Waals surface area (Å²) in [6.07, 6.45) is 4.83. The number of fused-ring (bicyclic) bond motifs is 1. The molecule has 0 spiro atoms. The summed E-state index contributed by atoms with van der Waals surface area (Å²) < 4.78 is 2.33. The van der Waals surface area contributed by atoms with Gasteiger partial charge in [-0.1, -0.05) is 0 Å². The van der Waals surface area contributed by atoms with Gasteiger partial charge in [-0.2, -0.15) is 0 Å². The Kier molecular flexibility index (Phi) is 2.20. The minimum Gasteiger partial charge on any atom is -0.481 e. The van der Waals surface area contributed by atoms with Crippen molar-refractivity contribution in [3.05, 3.63) is 29.0 Å². The predicted octanol–water partition coefficient (Wildman–Crippen LogP) is 1.12. The number of imidazole rings is 1. The summed E-state index contributed by atoms with van der Waals surface area (Å²) in [4.78, 5) is 18.5. The first-order valence-corrected chi connectivity index (χ1v) is 4.66. The largest absolute Gasteiger partial charge is 0.481 e. The van der Waals surface area contributed by atoms with Gasteiger partial charge in [0.05, 0.1) is 23.8 Å². The molecule has 0 amide bonds. The van der Waals surface area contributed by atoms with Gasteiger partial charge in [-0.15, -0.1) is 0 Å². The van der Waals surface area contributed by atoms with Gasteiger partial charge in [-0.3, -0.25) is 14.2 Å². The number of hydrogen-bond donors (Lipinski definition) is 1. The lowest BCUT2D eigenvalue weighted by Crippen LogP contribution is -2.00. The van der Waals surface area contributed by atoms with Crippen molar-refractivity contribution in [2.75, 3.05) is 0 Å². The summed E-state index contributed by atoms with van der Waals surface area (Å²) in [6, 6.07) is 0. The molecule has 0 atom stereocenters. The van der Waals surface area contributed by atoms with Crippen molar-refractivity contribution in [3.63, 3.8) is 0 Å². The van der Waals surface area contributed by atoms with Gasteiger partial charge < -0.3 is 5.11 Å². The Labute approximate surface area is 87.5 Å². The number of hydrogen-bond acceptors (Lipinski definition) is 3. The van der Waals surface area contributed by atoms with Crippen LogP contribution in [0.2, 0.25) is 0 Å². The van der Waals surface area contributed by atoms with Crippen LogP contribution >= 0.6 is 15.9 Å². The van der Waals surface area contributed by atoms with E-state index in [0.29, 0.717) is 15.9 Å². The Morgan fingerprint density at radius 1 is 1.64 bits per heavy atom. The Balaban J connectivity index is 2.60. The summed E-state index contributed by atoms with van der Waals surface area (Å²) in [7, 11) is 0. The van der Waals surface area contributed by atoms with Gasteiger partial charge in [0.2, 0.25) is 0 Å². The quantitative estimate of drug-likeness (QED) is 0.874. The molecular formula is C8H6BrN3O2. The number of aliphatic carboxylic acids is 1. The van der Waals surface area contributed by atoms with Crippen LogP contribution in [0.25, 0.3) is 5.52 Å². The molecular weight excluding hydrogens is 250 g/mol. The highest BCUT2D eigenvalue weighted by Crippen LogP contribution is 2.16. The maximum atomic E-state index is 10.5. The van der Waals surface area contributed by atoms with E-state index in [1.54, 1.807) is 23.0 Å². The van der Waals surface area contributed by atoms with E-state index in [1.807, 2.05) is 0 Å². The van der Waals surface area contributed by atoms with Gasteiger partial charge in [0, 0.05) is 12.4 Å². The highest BCUT2D eigenvalue weighted by Gasteiger charge is 2.11. The maximum Gasteiger partial charge on any atom is 0.309 e. The van der Waals surface area contributed by atoms with Crippen molar-refractivity contribution in [2.45, 2.75) is 6.42 Å². The first-order chi connectivity index (χ1) is 6.68. The van der Waals surface area contributed by atoms with E-state index in [1.165, 1.54) is 0 Å². The van der Waals surface area contributed by atoms with Gasteiger partial charge >= 0.3 is 5.97 Å². The third kappa shape index (κ3) is 1.48. The Bertz CT molecular complexity index is 494. The van der Waals surface area contributed by atoms with Crippen molar-refractivity contribution in [3.8, 4) is 0 Å². The number of halogens is 1. The fourth-order valence-corrected chi connectivity index (χ4v) is 1.75. The minimum absolute atomic E-state index is 0.0964. The van der Waals surface area contributed by atoms with Crippen LogP contribution in [0.15, 0.2) is 23.3 Å². The first-order valence-electron chi connectivity index (χ1n) is 3.86. The second-order valence-electron chi connectivity index (χ2n) is 2.73. The van der Waals surface area contributed by atoms with Crippen molar-refractivity contribution in [1.82, 2.24) is 14.4 Å². The molecule has 0 saturated carbocycles. The number of nitrogens with zero attached hydrogens (tertiary/aromatic N) is 3. The normalized spacial score (nSPS) is 10.6. The summed E-state index contributed by atoms with van der Waals surface area (Å²) in [5, 5.41) is 8.65. The minimum atomic E-state index is -0.902. The lowest BCUT2D eigenvalue weighted by atomic mass is 10.3. The fourth-order valence-electron chi connectivity index (χ4n) is 1.23. The van der Waals surface area contributed by atoms with Crippen LogP contribution in [0.3, 0.4) is 0 Å². The van der Waals surface area contributed by atoms with Crippen molar-refractivity contribution >= 4 is 27.4 Å². The van der Waals surface area contributed by atoms with E-state index in [9.17, 15) is 4.79 Å². The Morgan fingerprint density at radius 3 is 3.14 bits per heavy atom. The molecule has 0 bridgehead atoms. The zero-order chi connectivity index (χ0) is 10.1. The average molecular weight is 256 g/mol. The second kappa shape index (κ2) is 3.38. The highest BCUT2D eigenvalue weighted by molar-refractivity contribution is 9.10. The number of rotatable bonds is 2. The number of carboxylic acids is 1. The van der Waals surface area contributed by atoms with E-state index in [0.717, 1.165) is 0 Å². The van der Waals surface area contributed by atoms with Crippen LogP contribution in [0, 0.1) is 0 Å². The SMILES string of the molecule is O=C(O)Cc1nc(Br)n2ccncc12. The van der Waals surface area contributed by atoms with Crippen LogP contribution in [0.4, 0.5) is 0 Å². The molecule has 72 valence electrons. The number of carboxylic acid groups (broad SMARTS) is 1. The van der Waals surface area contributed by atoms with E-state index in [4.69, 9.17) is 5.11 Å². The van der Waals surface area contributed by atoms with Crippen LogP contribution in [0.1, 0.15) is 5.69 Å². The fraction of sp³-hybridized carbons (Fsp3) is 0.125. The third-order valence-corrected chi connectivity index (χ3v) is 2.36. The Hall–Kier alpha value is -1.43. The van der Waals surface area contributed by atoms with Gasteiger partial charge in [0.1, 0.15) is 0 Å². The molecule has 0 aliphatic rings. The van der Waals surface area contributed by atoms with Crippen LogP contribution in [-0.4, -0.2) is 25.4 Å². The van der Waals surface area contributed by atoms with Crippen molar-refractivity contribution in [1.29, 1.82) is 0 Å². The van der Waals surface area contributed by atoms with Crippen LogP contribution in [0.5, 0.6) is 0 Å². The third-order valence-electron chi connectivity index (χ3n) is 1.80. The standard InChI is InChI=1S/C8H6BrN3O2/c9-8-11-5(3-7(13)14)6-4-10-1-2-12(6)8/h1-2,4H,3H2,(H,13,14). The molecule has 1 N–H and O–H groups in total. The zero-order valence-electron chi connectivity index (χ0n) is 7.01. The first kappa shape index (κ1) is 9.14. The summed E-state index contributed by atoms with van der Waals surface area (Å²) in [6.45, 7) is 0. The summed E-state index contributed by atoms with van der Waals surface area (Å²) in [5.74, 6) is -0.902. The van der Waals surface area contributed by atoms with E-state index in [-0.39, 0.29) is 6.42 Å². The second-order valence-corrected chi connectivity index (χ2v) is 3.44. The van der Waals surface area contributed by atoms with Gasteiger partial charge in [-0.25, -0.2) is 4.98 Å². The molecule has 0 aliphatic carbocycles. The molecule has 5 nitrogen and oxygen atoms in total. The molecule has 0 aromatic carbocycles. The maximum absolute atomic E-state index is 10.5. The van der Waals surface area contributed by atoms with Gasteiger partial charge in [0.15, 0.2) is 4.73 Å². The predicted molar refractivity (Wildman–Crippen MR) is 52.0 cm³/mol. The molecule has 14 heavy (non-hydrogen) atoms. The molecule has 0 fully saturated rings. The van der Waals surface area contributed by atoms with Gasteiger partial charge in [-0.05, 0) is 15.9 Å².